The van der Waals surface area contributed by atoms with Crippen LogP contribution >= 0.6 is 0 Å². The maximum absolute atomic E-state index is 11.4. The van der Waals surface area contributed by atoms with Crippen molar-refractivity contribution in [1.82, 2.24) is 9.80 Å². The Morgan fingerprint density at radius 2 is 0.794 bits per heavy atom. The monoisotopic (exact) mass is 486 g/mol. The predicted octanol–water partition coefficient (Wildman–Crippen LogP) is -3.01. The lowest BCUT2D eigenvalue weighted by Gasteiger charge is -2.17. The highest BCUT2D eigenvalue weighted by Gasteiger charge is 2.23. The van der Waals surface area contributed by atoms with Gasteiger partial charge in [-0.15, -0.1) is 0 Å². The first-order valence-corrected chi connectivity index (χ1v) is 10.7. The van der Waals surface area contributed by atoms with Crippen molar-refractivity contribution in [1.29, 1.82) is 0 Å². The van der Waals surface area contributed by atoms with E-state index >= 15 is 0 Å². The highest BCUT2D eigenvalue weighted by molar-refractivity contribution is 6.13. The Labute approximate surface area is 196 Å². The molecule has 3 N–H and O–H groups in total. The Morgan fingerprint density at radius 1 is 0.529 bits per heavy atom. The van der Waals surface area contributed by atoms with Gasteiger partial charge in [0.2, 0.25) is 0 Å². The topological polar surface area (TPSA) is 172 Å². The maximum atomic E-state index is 11.4. The quantitative estimate of drug-likeness (QED) is 0.133. The zero-order chi connectivity index (χ0) is 24.9. The summed E-state index contributed by atoms with van der Waals surface area (Å²) in [4.78, 5) is 47.5. The third-order valence-electron chi connectivity index (χ3n) is 4.58. The maximum Gasteiger partial charge on any atom is 0.253 e. The Hall–Kier alpha value is -2.52. The summed E-state index contributed by atoms with van der Waals surface area (Å²) < 4.78 is 20.8. The fraction of sp³-hybridized carbons (Fsp3) is 0.619. The Bertz CT molecular complexity index is 672. The van der Waals surface area contributed by atoms with Crippen LogP contribution in [0.4, 0.5) is 0 Å². The number of nitrogens with zero attached hydrogens (tertiary/aromatic N) is 2. The zero-order valence-corrected chi connectivity index (χ0v) is 18.6. The van der Waals surface area contributed by atoms with Crippen molar-refractivity contribution in [2.45, 2.75) is 18.3 Å². The van der Waals surface area contributed by atoms with E-state index in [4.69, 9.17) is 18.9 Å². The van der Waals surface area contributed by atoms with Crippen molar-refractivity contribution in [3.63, 3.8) is 0 Å². The second-order valence-electron chi connectivity index (χ2n) is 7.51. The van der Waals surface area contributed by atoms with Gasteiger partial charge in [-0.25, -0.2) is 0 Å². The molecule has 0 radical (unpaired) electrons. The number of hydrogen-bond donors (Lipinski definition) is 3. The molecule has 2 heterocycles. The van der Waals surface area contributed by atoms with Crippen LogP contribution in [0.1, 0.15) is 0 Å². The van der Waals surface area contributed by atoms with E-state index in [9.17, 15) is 34.5 Å². The predicted molar refractivity (Wildman–Crippen MR) is 113 cm³/mol. The molecule has 2 atom stereocenters. The summed E-state index contributed by atoms with van der Waals surface area (Å²) in [7, 11) is 0. The molecular weight excluding hydrogens is 456 g/mol. The van der Waals surface area contributed by atoms with Crippen LogP contribution in [0.25, 0.3) is 0 Å². The molecule has 2 unspecified atom stereocenters. The lowest BCUT2D eigenvalue weighted by Crippen LogP contribution is -2.34. The number of carbonyl (C=O) groups is 4. The minimum Gasteiger partial charge on any atom is -0.388 e. The third-order valence-corrected chi connectivity index (χ3v) is 4.58. The summed E-state index contributed by atoms with van der Waals surface area (Å²) in [5.41, 5.74) is 0. The molecule has 0 spiro atoms. The molecule has 0 aromatic carbocycles. The van der Waals surface area contributed by atoms with E-state index in [0.29, 0.717) is 0 Å². The van der Waals surface area contributed by atoms with Crippen LogP contribution in [0.3, 0.4) is 0 Å². The van der Waals surface area contributed by atoms with Crippen LogP contribution in [0.15, 0.2) is 24.3 Å². The standard InChI is InChI=1S/C21H30N2O11/c24-15(9-31-7-5-22-18(27)1-2-19(22)28)11-33-13-17(26)14-34-12-16(25)10-32-8-6-23-20(29)3-4-21(23)30/h1-4,15-17,24-26H,5-14H2. The summed E-state index contributed by atoms with van der Waals surface area (Å²) >= 11 is 0. The molecular formula is C21H30N2O11. The van der Waals surface area contributed by atoms with Gasteiger partial charge in [0.1, 0.15) is 18.3 Å². The number of amides is 4. The van der Waals surface area contributed by atoms with E-state index in [1.54, 1.807) is 0 Å². The summed E-state index contributed by atoms with van der Waals surface area (Å²) in [5.74, 6) is -1.61. The van der Waals surface area contributed by atoms with Crippen molar-refractivity contribution in [3.05, 3.63) is 24.3 Å². The number of carbonyl (C=O) groups excluding carboxylic acids is 4. The van der Waals surface area contributed by atoms with Crippen molar-refractivity contribution < 1.29 is 53.4 Å². The summed E-state index contributed by atoms with van der Waals surface area (Å²) in [5, 5.41) is 29.4. The van der Waals surface area contributed by atoms with Crippen molar-refractivity contribution in [2.75, 3.05) is 65.9 Å². The minimum atomic E-state index is -0.986. The molecule has 0 bridgehead atoms. The molecule has 2 aliphatic rings. The minimum absolute atomic E-state index is 0.0704. The first-order chi connectivity index (χ1) is 16.3. The molecule has 13 nitrogen and oxygen atoms in total. The molecule has 0 aromatic heterocycles. The lowest BCUT2D eigenvalue weighted by atomic mass is 10.3. The van der Waals surface area contributed by atoms with E-state index in [0.717, 1.165) is 9.80 Å². The number of rotatable bonds is 18. The van der Waals surface area contributed by atoms with Crippen molar-refractivity contribution in [3.8, 4) is 0 Å². The summed E-state index contributed by atoms with van der Waals surface area (Å²) in [6.45, 7) is -0.258. The van der Waals surface area contributed by atoms with E-state index in [2.05, 4.69) is 0 Å². The molecule has 0 fully saturated rings. The van der Waals surface area contributed by atoms with Gasteiger partial charge in [0.25, 0.3) is 23.6 Å². The Balaban J connectivity index is 1.41. The second-order valence-corrected chi connectivity index (χ2v) is 7.51. The Morgan fingerprint density at radius 3 is 1.09 bits per heavy atom. The van der Waals surface area contributed by atoms with Gasteiger partial charge >= 0.3 is 0 Å². The van der Waals surface area contributed by atoms with Gasteiger partial charge in [0, 0.05) is 24.3 Å². The normalized spacial score (nSPS) is 18.4. The average molecular weight is 486 g/mol. The summed E-state index contributed by atoms with van der Waals surface area (Å²) in [6.07, 6.45) is 1.80. The van der Waals surface area contributed by atoms with Gasteiger partial charge < -0.3 is 34.3 Å². The highest BCUT2D eigenvalue weighted by atomic mass is 16.5. The molecule has 2 aliphatic heterocycles. The van der Waals surface area contributed by atoms with Crippen LogP contribution in [0, 0.1) is 0 Å². The number of aliphatic hydroxyl groups is 3. The van der Waals surface area contributed by atoms with Gasteiger partial charge in [-0.05, 0) is 0 Å². The van der Waals surface area contributed by atoms with E-state index in [1.807, 2.05) is 0 Å². The van der Waals surface area contributed by atoms with Gasteiger partial charge in [0.05, 0.1) is 65.9 Å². The first-order valence-electron chi connectivity index (χ1n) is 10.7. The van der Waals surface area contributed by atoms with Crippen LogP contribution in [-0.4, -0.2) is 133 Å². The van der Waals surface area contributed by atoms with E-state index in [1.165, 1.54) is 24.3 Å². The molecule has 0 aromatic rings. The fourth-order valence-corrected chi connectivity index (χ4v) is 2.88. The number of imide groups is 2. The number of aliphatic hydroxyl groups excluding tert-OH is 3. The van der Waals surface area contributed by atoms with E-state index in [-0.39, 0.29) is 65.9 Å². The third kappa shape index (κ3) is 9.77. The van der Waals surface area contributed by atoms with Crippen LogP contribution in [0.2, 0.25) is 0 Å². The molecule has 0 saturated carbocycles. The molecule has 13 heteroatoms. The van der Waals surface area contributed by atoms with Crippen molar-refractivity contribution in [2.24, 2.45) is 0 Å². The van der Waals surface area contributed by atoms with Gasteiger partial charge in [-0.2, -0.15) is 0 Å². The summed E-state index contributed by atoms with van der Waals surface area (Å²) in [6, 6.07) is 0. The smallest absolute Gasteiger partial charge is 0.253 e. The van der Waals surface area contributed by atoms with Gasteiger partial charge in [-0.3, -0.25) is 29.0 Å². The van der Waals surface area contributed by atoms with Crippen molar-refractivity contribution >= 4 is 23.6 Å². The Kier molecular flexibility index (Phi) is 12.0. The van der Waals surface area contributed by atoms with Gasteiger partial charge in [0.15, 0.2) is 0 Å². The zero-order valence-electron chi connectivity index (χ0n) is 18.6. The van der Waals surface area contributed by atoms with Gasteiger partial charge in [-0.1, -0.05) is 0 Å². The average Bonchev–Trinajstić information content (AvgIpc) is 3.29. The second kappa shape index (κ2) is 14.7. The lowest BCUT2D eigenvalue weighted by molar-refractivity contribution is -0.139. The molecule has 2 rings (SSSR count). The number of hydrogen-bond acceptors (Lipinski definition) is 11. The number of ether oxygens (including phenoxy) is 4. The van der Waals surface area contributed by atoms with Crippen LogP contribution < -0.4 is 0 Å². The first kappa shape index (κ1) is 27.7. The molecule has 0 aliphatic carbocycles. The van der Waals surface area contributed by atoms with Crippen LogP contribution in [0.5, 0.6) is 0 Å². The largest absolute Gasteiger partial charge is 0.388 e. The molecule has 190 valence electrons. The SMILES string of the molecule is O=C1C=CC(=O)N1CCOCC(O)COCC(O)COCC(O)COCCN1C(=O)C=CC1=O. The fourth-order valence-electron chi connectivity index (χ4n) is 2.88. The van der Waals surface area contributed by atoms with E-state index < -0.39 is 41.9 Å². The highest BCUT2D eigenvalue weighted by Crippen LogP contribution is 2.04. The molecule has 4 amide bonds. The molecule has 0 saturated heterocycles. The van der Waals surface area contributed by atoms with Crippen LogP contribution in [-0.2, 0) is 38.1 Å². The molecule has 34 heavy (non-hydrogen) atoms.